The topological polar surface area (TPSA) is 46.6 Å². The maximum Gasteiger partial charge on any atom is 0.313 e. The molecule has 0 bridgehead atoms. The van der Waals surface area contributed by atoms with Crippen LogP contribution in [0.4, 0.5) is 0 Å². The zero-order valence-corrected chi connectivity index (χ0v) is 23.3. The van der Waals surface area contributed by atoms with E-state index in [4.69, 9.17) is 4.28 Å². The lowest BCUT2D eigenvalue weighted by Crippen LogP contribution is -2.48. The van der Waals surface area contributed by atoms with E-state index in [1.807, 2.05) is 0 Å². The molecule has 0 aliphatic carbocycles. The van der Waals surface area contributed by atoms with E-state index in [1.54, 1.807) is 35.4 Å². The Balaban J connectivity index is 1.69. The molecule has 0 spiro atoms. The molecule has 1 unspecified atom stereocenters. The van der Waals surface area contributed by atoms with Crippen molar-refractivity contribution in [2.45, 2.75) is 88.9 Å². The molecule has 0 saturated carbocycles. The molecule has 1 aromatic rings. The van der Waals surface area contributed by atoms with Gasteiger partial charge in [0.1, 0.15) is 6.54 Å². The summed E-state index contributed by atoms with van der Waals surface area (Å²) in [6, 6.07) is 8.37. The second kappa shape index (κ2) is 16.1. The molecule has 0 N–H and O–H groups in total. The highest BCUT2D eigenvalue weighted by Gasteiger charge is 2.38. The number of hydrogen-bond donors (Lipinski definition) is 0. The van der Waals surface area contributed by atoms with Crippen LogP contribution in [-0.4, -0.2) is 50.8 Å². The highest BCUT2D eigenvalue weighted by molar-refractivity contribution is 14.1. The first kappa shape index (κ1) is 28.6. The average Bonchev–Trinajstić information content (AvgIpc) is 3.21. The van der Waals surface area contributed by atoms with Crippen molar-refractivity contribution < 1.29 is 17.2 Å². The van der Waals surface area contributed by atoms with Crippen LogP contribution in [0.1, 0.15) is 84.0 Å². The largest absolute Gasteiger partial charge is 0.313 e. The highest BCUT2D eigenvalue weighted by atomic mass is 127. The number of nitrogens with zero attached hydrogens (tertiary/aromatic N) is 2. The average molecular weight is 590 g/mol. The lowest BCUT2D eigenvalue weighted by Gasteiger charge is -2.32. The van der Waals surface area contributed by atoms with Crippen molar-refractivity contribution in [1.82, 2.24) is 5.06 Å². The number of unbranched alkanes of at least 4 members (excludes halogenated alkanes) is 11. The molecule has 5 nitrogen and oxygen atoms in total. The summed E-state index contributed by atoms with van der Waals surface area (Å²) in [6.07, 6.45) is 16.0. The third-order valence-electron chi connectivity index (χ3n) is 6.48. The van der Waals surface area contributed by atoms with Gasteiger partial charge in [0.15, 0.2) is 6.67 Å². The summed E-state index contributed by atoms with van der Waals surface area (Å²) in [7, 11) is -3.78. The SMILES string of the molecule is CCCCCCCCCCCCCC[N+]1(CC#CI)CCN(OS(=O)(=O)c2ccccc2)C1. The van der Waals surface area contributed by atoms with Crippen LogP contribution in [0.15, 0.2) is 35.2 Å². The van der Waals surface area contributed by atoms with Gasteiger partial charge in [0.25, 0.3) is 0 Å². The van der Waals surface area contributed by atoms with Crippen LogP contribution in [0, 0.1) is 9.85 Å². The first-order chi connectivity index (χ1) is 16.0. The Kier molecular flexibility index (Phi) is 13.9. The van der Waals surface area contributed by atoms with Crippen molar-refractivity contribution in [3.63, 3.8) is 0 Å². The van der Waals surface area contributed by atoms with Gasteiger partial charge in [-0.15, -0.1) is 5.06 Å². The van der Waals surface area contributed by atoms with E-state index in [-0.39, 0.29) is 4.90 Å². The monoisotopic (exact) mass is 589 g/mol. The molecule has 33 heavy (non-hydrogen) atoms. The minimum atomic E-state index is -3.78. The normalized spacial score (nSPS) is 18.8. The molecule has 7 heteroatoms. The predicted molar refractivity (Wildman–Crippen MR) is 144 cm³/mol. The first-order valence-electron chi connectivity index (χ1n) is 12.7. The third kappa shape index (κ3) is 11.1. The highest BCUT2D eigenvalue weighted by Crippen LogP contribution is 2.22. The van der Waals surface area contributed by atoms with Gasteiger partial charge >= 0.3 is 10.1 Å². The van der Waals surface area contributed by atoms with Gasteiger partial charge in [-0.05, 0) is 34.8 Å². The van der Waals surface area contributed by atoms with Crippen LogP contribution in [-0.2, 0) is 14.4 Å². The van der Waals surface area contributed by atoms with Crippen molar-refractivity contribution in [1.29, 1.82) is 0 Å². The van der Waals surface area contributed by atoms with Crippen molar-refractivity contribution in [2.75, 3.05) is 32.8 Å². The van der Waals surface area contributed by atoms with Crippen molar-refractivity contribution >= 4 is 32.7 Å². The summed E-state index contributed by atoms with van der Waals surface area (Å²) < 4.78 is 34.4. The van der Waals surface area contributed by atoms with Crippen molar-refractivity contribution in [3.05, 3.63) is 30.3 Å². The quantitative estimate of drug-likeness (QED) is 0.0902. The Morgan fingerprint density at radius 2 is 1.52 bits per heavy atom. The van der Waals surface area contributed by atoms with Gasteiger partial charge < -0.3 is 0 Å². The van der Waals surface area contributed by atoms with E-state index in [2.05, 4.69) is 39.4 Å². The summed E-state index contributed by atoms with van der Waals surface area (Å²) in [5.74, 6) is 3.22. The summed E-state index contributed by atoms with van der Waals surface area (Å²) in [6.45, 7) is 6.07. The molecule has 186 valence electrons. The van der Waals surface area contributed by atoms with Gasteiger partial charge in [0, 0.05) is 22.6 Å². The zero-order valence-electron chi connectivity index (χ0n) is 20.3. The van der Waals surface area contributed by atoms with Gasteiger partial charge in [-0.25, -0.2) is 0 Å². The Morgan fingerprint density at radius 1 is 0.939 bits per heavy atom. The molecule has 0 radical (unpaired) electrons. The molecule has 1 aromatic carbocycles. The maximum absolute atomic E-state index is 12.6. The second-order valence-corrected chi connectivity index (χ2v) is 11.4. The maximum atomic E-state index is 12.6. The standard InChI is InChI=1S/C26H42IN2O3S/c1-2-3-4-5-6-7-8-9-10-11-12-16-22-29(23-17-20-27)24-21-28(25-29)32-33(30,31)26-18-14-13-15-19-26/h13-15,18-19H,2-12,16,21-25H2,1H3/q+1. The summed E-state index contributed by atoms with van der Waals surface area (Å²) in [5, 5.41) is 1.61. The molecule has 0 aromatic heterocycles. The fraction of sp³-hybridized carbons (Fsp3) is 0.692. The molecule has 1 heterocycles. The van der Waals surface area contributed by atoms with E-state index < -0.39 is 10.1 Å². The Bertz CT molecular complexity index is 823. The molecule has 0 amide bonds. The minimum Gasteiger partial charge on any atom is -0.298 e. The number of hydrogen-bond acceptors (Lipinski definition) is 4. The number of quaternary nitrogens is 1. The van der Waals surface area contributed by atoms with Crippen LogP contribution >= 0.6 is 22.6 Å². The van der Waals surface area contributed by atoms with E-state index in [0.717, 1.165) is 30.5 Å². The summed E-state index contributed by atoms with van der Waals surface area (Å²) in [4.78, 5) is 0.197. The predicted octanol–water partition coefficient (Wildman–Crippen LogP) is 6.49. The van der Waals surface area contributed by atoms with Crippen molar-refractivity contribution in [3.8, 4) is 9.85 Å². The Hall–Kier alpha value is -0.660. The molecule has 1 atom stereocenters. The van der Waals surface area contributed by atoms with Crippen LogP contribution in [0.5, 0.6) is 0 Å². The lowest BCUT2D eigenvalue weighted by atomic mass is 10.1. The fourth-order valence-corrected chi connectivity index (χ4v) is 5.65. The van der Waals surface area contributed by atoms with E-state index in [9.17, 15) is 8.42 Å². The Morgan fingerprint density at radius 3 is 2.09 bits per heavy atom. The van der Waals surface area contributed by atoms with E-state index in [1.165, 1.54) is 70.6 Å². The molecule has 2 rings (SSSR count). The van der Waals surface area contributed by atoms with E-state index in [0.29, 0.717) is 13.2 Å². The van der Waals surface area contributed by atoms with E-state index >= 15 is 0 Å². The molecular formula is C26H42IN2O3S+. The number of benzene rings is 1. The number of rotatable bonds is 17. The minimum absolute atomic E-state index is 0.197. The zero-order chi connectivity index (χ0) is 23.8. The summed E-state index contributed by atoms with van der Waals surface area (Å²) in [5.41, 5.74) is 0. The molecule has 1 aliphatic rings. The van der Waals surface area contributed by atoms with Gasteiger partial charge in [-0.1, -0.05) is 89.3 Å². The van der Waals surface area contributed by atoms with Crippen LogP contribution in [0.2, 0.25) is 0 Å². The number of halogens is 1. The van der Waals surface area contributed by atoms with Gasteiger partial charge in [-0.2, -0.15) is 12.7 Å². The fourth-order valence-electron chi connectivity index (χ4n) is 4.51. The smallest absolute Gasteiger partial charge is 0.298 e. The van der Waals surface area contributed by atoms with Gasteiger partial charge in [0.2, 0.25) is 0 Å². The van der Waals surface area contributed by atoms with Crippen molar-refractivity contribution in [2.24, 2.45) is 0 Å². The van der Waals surface area contributed by atoms with Gasteiger partial charge in [0.05, 0.1) is 24.5 Å². The second-order valence-electron chi connectivity index (χ2n) is 9.30. The lowest BCUT2D eigenvalue weighted by molar-refractivity contribution is -0.916. The molecule has 1 fully saturated rings. The first-order valence-corrected chi connectivity index (χ1v) is 15.2. The van der Waals surface area contributed by atoms with Crippen LogP contribution in [0.25, 0.3) is 0 Å². The molecule has 1 aliphatic heterocycles. The molecule has 1 saturated heterocycles. The van der Waals surface area contributed by atoms with Gasteiger partial charge in [-0.3, -0.25) is 4.48 Å². The summed E-state index contributed by atoms with van der Waals surface area (Å²) >= 11 is 2.08. The van der Waals surface area contributed by atoms with Crippen LogP contribution < -0.4 is 0 Å². The Labute approximate surface area is 216 Å². The van der Waals surface area contributed by atoms with Crippen LogP contribution in [0.3, 0.4) is 0 Å². The number of hydroxylamine groups is 2. The molecular weight excluding hydrogens is 547 g/mol. The third-order valence-corrected chi connectivity index (χ3v) is 8.12.